The van der Waals surface area contributed by atoms with E-state index in [4.69, 9.17) is 11.6 Å². The van der Waals surface area contributed by atoms with Crippen molar-refractivity contribution in [1.29, 1.82) is 0 Å². The highest BCUT2D eigenvalue weighted by Crippen LogP contribution is 2.33. The Kier molecular flexibility index (Phi) is 4.51. The molecule has 1 N–H and O–H groups in total. The van der Waals surface area contributed by atoms with E-state index in [0.717, 1.165) is 10.6 Å². The van der Waals surface area contributed by atoms with Crippen LogP contribution in [0.5, 0.6) is 0 Å². The first-order valence-electron chi connectivity index (χ1n) is 7.00. The summed E-state index contributed by atoms with van der Waals surface area (Å²) in [5.41, 5.74) is -0.992. The standard InChI is InChI=1S/C16H10BrClF3N3O/c1-22-13-10-6-7-11(16(19,20)21)23-14(10)24(15(25)12(13)17)9-4-2-8(18)3-5-9/h2-7,22H,1H3. The number of aromatic nitrogens is 2. The van der Waals surface area contributed by atoms with E-state index < -0.39 is 17.4 Å². The molecule has 0 radical (unpaired) electrons. The number of pyridine rings is 2. The fraction of sp³-hybridized carbons (Fsp3) is 0.125. The monoisotopic (exact) mass is 431 g/mol. The van der Waals surface area contributed by atoms with Crippen LogP contribution in [0.1, 0.15) is 5.69 Å². The van der Waals surface area contributed by atoms with E-state index >= 15 is 0 Å². The third-order valence-electron chi connectivity index (χ3n) is 3.59. The van der Waals surface area contributed by atoms with E-state index in [-0.39, 0.29) is 10.1 Å². The van der Waals surface area contributed by atoms with Crippen LogP contribution in [0.25, 0.3) is 16.7 Å². The van der Waals surface area contributed by atoms with Gasteiger partial charge in [0.05, 0.1) is 11.4 Å². The quantitative estimate of drug-likeness (QED) is 0.629. The Balaban J connectivity index is 2.47. The number of anilines is 1. The highest BCUT2D eigenvalue weighted by Gasteiger charge is 2.33. The molecule has 0 unspecified atom stereocenters. The van der Waals surface area contributed by atoms with Crippen LogP contribution in [-0.4, -0.2) is 16.6 Å². The van der Waals surface area contributed by atoms with E-state index in [9.17, 15) is 18.0 Å². The molecule has 130 valence electrons. The summed E-state index contributed by atoms with van der Waals surface area (Å²) in [6.45, 7) is 0. The minimum atomic E-state index is -4.62. The number of halogens is 5. The molecule has 0 aliphatic rings. The van der Waals surface area contributed by atoms with Gasteiger partial charge in [-0.2, -0.15) is 13.2 Å². The molecule has 1 aromatic carbocycles. The zero-order valence-electron chi connectivity index (χ0n) is 12.7. The van der Waals surface area contributed by atoms with E-state index in [1.165, 1.54) is 18.2 Å². The molecule has 0 saturated carbocycles. The van der Waals surface area contributed by atoms with Crippen LogP contribution < -0.4 is 10.9 Å². The van der Waals surface area contributed by atoms with E-state index in [2.05, 4.69) is 26.2 Å². The fourth-order valence-electron chi connectivity index (χ4n) is 2.47. The van der Waals surface area contributed by atoms with Gasteiger partial charge in [-0.05, 0) is 52.3 Å². The first kappa shape index (κ1) is 17.8. The molecule has 0 bridgehead atoms. The van der Waals surface area contributed by atoms with Gasteiger partial charge < -0.3 is 5.32 Å². The normalized spacial score (nSPS) is 11.8. The summed E-state index contributed by atoms with van der Waals surface area (Å²) < 4.78 is 40.5. The largest absolute Gasteiger partial charge is 0.433 e. The lowest BCUT2D eigenvalue weighted by atomic mass is 10.2. The number of hydrogen-bond donors (Lipinski definition) is 1. The summed E-state index contributed by atoms with van der Waals surface area (Å²) in [5.74, 6) is 0. The van der Waals surface area contributed by atoms with Crippen LogP contribution >= 0.6 is 27.5 Å². The number of benzene rings is 1. The molecule has 9 heteroatoms. The van der Waals surface area contributed by atoms with Crippen LogP contribution in [0.2, 0.25) is 5.02 Å². The number of fused-ring (bicyclic) bond motifs is 1. The van der Waals surface area contributed by atoms with Crippen molar-refractivity contribution in [2.75, 3.05) is 12.4 Å². The van der Waals surface area contributed by atoms with Crippen LogP contribution in [0.15, 0.2) is 45.7 Å². The van der Waals surface area contributed by atoms with Crippen LogP contribution in [0, 0.1) is 0 Å². The van der Waals surface area contributed by atoms with Crippen LogP contribution in [0.3, 0.4) is 0 Å². The molecule has 3 aromatic rings. The zero-order chi connectivity index (χ0) is 18.4. The summed E-state index contributed by atoms with van der Waals surface area (Å²) in [5, 5.41) is 3.64. The van der Waals surface area contributed by atoms with E-state index in [0.29, 0.717) is 21.8 Å². The van der Waals surface area contributed by atoms with Crippen LogP contribution in [-0.2, 0) is 6.18 Å². The average Bonchev–Trinajstić information content (AvgIpc) is 2.56. The van der Waals surface area contributed by atoms with Gasteiger partial charge in [-0.1, -0.05) is 11.6 Å². The lowest BCUT2D eigenvalue weighted by Crippen LogP contribution is -2.22. The molecular weight excluding hydrogens is 423 g/mol. The summed E-state index contributed by atoms with van der Waals surface area (Å²) in [7, 11) is 1.57. The minimum Gasteiger partial charge on any atom is -0.386 e. The first-order chi connectivity index (χ1) is 11.7. The molecule has 0 atom stereocenters. The SMILES string of the molecule is CNc1c(Br)c(=O)n(-c2ccc(Cl)cc2)c2nc(C(F)(F)F)ccc12. The second-order valence-electron chi connectivity index (χ2n) is 5.12. The Morgan fingerprint density at radius 3 is 2.36 bits per heavy atom. The van der Waals surface area contributed by atoms with Gasteiger partial charge in [-0.25, -0.2) is 4.98 Å². The van der Waals surface area contributed by atoms with Gasteiger partial charge in [0.15, 0.2) is 0 Å². The van der Waals surface area contributed by atoms with Crippen molar-refractivity contribution < 1.29 is 13.2 Å². The molecule has 0 fully saturated rings. The number of rotatable bonds is 2. The maximum atomic E-state index is 13.1. The molecule has 3 rings (SSSR count). The second-order valence-corrected chi connectivity index (χ2v) is 6.35. The zero-order valence-corrected chi connectivity index (χ0v) is 15.0. The summed E-state index contributed by atoms with van der Waals surface area (Å²) in [6.07, 6.45) is -4.62. The minimum absolute atomic E-state index is 0.102. The van der Waals surface area contributed by atoms with Crippen molar-refractivity contribution in [2.45, 2.75) is 6.18 Å². The topological polar surface area (TPSA) is 46.9 Å². The van der Waals surface area contributed by atoms with Gasteiger partial charge in [0, 0.05) is 17.5 Å². The summed E-state index contributed by atoms with van der Waals surface area (Å²) >= 11 is 9.06. The molecular formula is C16H10BrClF3N3O. The maximum absolute atomic E-state index is 13.1. The molecule has 25 heavy (non-hydrogen) atoms. The molecule has 0 aliphatic carbocycles. The van der Waals surface area contributed by atoms with Gasteiger partial charge in [0.2, 0.25) is 0 Å². The Labute approximate surface area is 153 Å². The lowest BCUT2D eigenvalue weighted by molar-refractivity contribution is -0.141. The molecule has 0 spiro atoms. The van der Waals surface area contributed by atoms with Gasteiger partial charge >= 0.3 is 6.18 Å². The van der Waals surface area contributed by atoms with Gasteiger partial charge in [0.25, 0.3) is 5.56 Å². The van der Waals surface area contributed by atoms with Crippen molar-refractivity contribution >= 4 is 44.3 Å². The van der Waals surface area contributed by atoms with Crippen LogP contribution in [0.4, 0.5) is 18.9 Å². The molecule has 4 nitrogen and oxygen atoms in total. The maximum Gasteiger partial charge on any atom is 0.433 e. The Morgan fingerprint density at radius 2 is 1.80 bits per heavy atom. The van der Waals surface area contributed by atoms with Gasteiger partial charge in [-0.15, -0.1) is 0 Å². The van der Waals surface area contributed by atoms with Gasteiger partial charge in [-0.3, -0.25) is 9.36 Å². The van der Waals surface area contributed by atoms with E-state index in [1.54, 1.807) is 19.2 Å². The second kappa shape index (κ2) is 6.34. The van der Waals surface area contributed by atoms with Crippen molar-refractivity contribution in [3.05, 3.63) is 61.9 Å². The molecule has 2 aromatic heterocycles. The first-order valence-corrected chi connectivity index (χ1v) is 8.17. The number of alkyl halides is 3. The van der Waals surface area contributed by atoms with Crippen molar-refractivity contribution in [3.8, 4) is 5.69 Å². The fourth-order valence-corrected chi connectivity index (χ4v) is 3.18. The molecule has 0 aliphatic heterocycles. The predicted octanol–water partition coefficient (Wildman–Crippen LogP) is 4.86. The summed E-state index contributed by atoms with van der Waals surface area (Å²) in [4.78, 5) is 16.4. The van der Waals surface area contributed by atoms with Crippen molar-refractivity contribution in [2.24, 2.45) is 0 Å². The number of nitrogens with zero attached hydrogens (tertiary/aromatic N) is 2. The predicted molar refractivity (Wildman–Crippen MR) is 94.6 cm³/mol. The molecule has 0 saturated heterocycles. The highest BCUT2D eigenvalue weighted by atomic mass is 79.9. The molecule has 0 amide bonds. The van der Waals surface area contributed by atoms with Crippen molar-refractivity contribution in [3.63, 3.8) is 0 Å². The lowest BCUT2D eigenvalue weighted by Gasteiger charge is -2.16. The number of hydrogen-bond acceptors (Lipinski definition) is 3. The van der Waals surface area contributed by atoms with E-state index in [1.807, 2.05) is 0 Å². The van der Waals surface area contributed by atoms with Crippen molar-refractivity contribution in [1.82, 2.24) is 9.55 Å². The smallest absolute Gasteiger partial charge is 0.386 e. The Morgan fingerprint density at radius 1 is 1.16 bits per heavy atom. The average molecular weight is 433 g/mol. The third-order valence-corrected chi connectivity index (χ3v) is 4.58. The summed E-state index contributed by atoms with van der Waals surface area (Å²) in [6, 6.07) is 8.33. The Bertz CT molecular complexity index is 1020. The third kappa shape index (κ3) is 3.11. The highest BCUT2D eigenvalue weighted by molar-refractivity contribution is 9.10. The number of nitrogens with one attached hydrogen (secondary N) is 1. The molecule has 2 heterocycles. The van der Waals surface area contributed by atoms with Gasteiger partial charge in [0.1, 0.15) is 15.8 Å². The Hall–Kier alpha value is -2.06.